The second-order valence-corrected chi connectivity index (χ2v) is 4.19. The lowest BCUT2D eigenvalue weighted by Crippen LogP contribution is -2.12. The number of aryl methyl sites for hydroxylation is 1. The van der Waals surface area contributed by atoms with Crippen molar-refractivity contribution < 1.29 is 8.91 Å². The smallest absolute Gasteiger partial charge is 0.141 e. The highest BCUT2D eigenvalue weighted by Gasteiger charge is 2.02. The van der Waals surface area contributed by atoms with Gasteiger partial charge in [0.15, 0.2) is 0 Å². The minimum atomic E-state index is -0.400. The number of aromatic nitrogens is 1. The molecule has 0 aliphatic carbocycles. The van der Waals surface area contributed by atoms with Crippen molar-refractivity contribution in [2.45, 2.75) is 20.0 Å². The summed E-state index contributed by atoms with van der Waals surface area (Å²) in [5.41, 5.74) is 1.77. The van der Waals surface area contributed by atoms with Crippen molar-refractivity contribution >= 4 is 11.6 Å². The average Bonchev–Trinajstić information content (AvgIpc) is 2.70. The molecule has 0 fully saturated rings. The molecule has 90 valence electrons. The lowest BCUT2D eigenvalue weighted by atomic mass is 10.2. The molecule has 3 nitrogen and oxygen atoms in total. The van der Waals surface area contributed by atoms with Gasteiger partial charge in [-0.05, 0) is 24.6 Å². The molecule has 2 aromatic rings. The van der Waals surface area contributed by atoms with E-state index in [1.165, 1.54) is 6.07 Å². The quantitative estimate of drug-likeness (QED) is 0.911. The van der Waals surface area contributed by atoms with E-state index in [4.69, 9.17) is 16.1 Å². The molecule has 0 aliphatic rings. The molecule has 0 unspecified atom stereocenters. The Labute approximate surface area is 104 Å². The number of rotatable bonds is 4. The minimum Gasteiger partial charge on any atom is -0.361 e. The highest BCUT2D eigenvalue weighted by atomic mass is 35.5. The van der Waals surface area contributed by atoms with Crippen molar-refractivity contribution in [1.82, 2.24) is 10.5 Å². The van der Waals surface area contributed by atoms with Crippen LogP contribution in [0.4, 0.5) is 4.39 Å². The van der Waals surface area contributed by atoms with Crippen molar-refractivity contribution in [2.24, 2.45) is 0 Å². The summed E-state index contributed by atoms with van der Waals surface area (Å²) in [6.07, 6.45) is 0. The molecular formula is C12H12ClFN2O. The molecule has 17 heavy (non-hydrogen) atoms. The SMILES string of the molecule is Cc1cc(CNCc2ccc(F)c(Cl)c2)no1. The van der Waals surface area contributed by atoms with Crippen LogP contribution in [0.5, 0.6) is 0 Å². The molecule has 5 heteroatoms. The lowest BCUT2D eigenvalue weighted by molar-refractivity contribution is 0.388. The number of benzene rings is 1. The lowest BCUT2D eigenvalue weighted by Gasteiger charge is -2.03. The zero-order chi connectivity index (χ0) is 12.3. The largest absolute Gasteiger partial charge is 0.361 e. The van der Waals surface area contributed by atoms with Crippen LogP contribution in [0.1, 0.15) is 17.0 Å². The Morgan fingerprint density at radius 1 is 1.35 bits per heavy atom. The van der Waals surface area contributed by atoms with Crippen LogP contribution in [0, 0.1) is 12.7 Å². The summed E-state index contributed by atoms with van der Waals surface area (Å²) < 4.78 is 17.9. The summed E-state index contributed by atoms with van der Waals surface area (Å²) >= 11 is 5.68. The van der Waals surface area contributed by atoms with Crippen LogP contribution in [0.25, 0.3) is 0 Å². The fourth-order valence-corrected chi connectivity index (χ4v) is 1.69. The normalized spacial score (nSPS) is 10.8. The number of hydrogen-bond acceptors (Lipinski definition) is 3. The zero-order valence-corrected chi connectivity index (χ0v) is 10.1. The van der Waals surface area contributed by atoms with Gasteiger partial charge in [-0.2, -0.15) is 0 Å². The maximum Gasteiger partial charge on any atom is 0.141 e. The first-order valence-electron chi connectivity index (χ1n) is 5.22. The molecular weight excluding hydrogens is 243 g/mol. The molecule has 0 aliphatic heterocycles. The summed E-state index contributed by atoms with van der Waals surface area (Å²) in [4.78, 5) is 0. The van der Waals surface area contributed by atoms with E-state index in [0.717, 1.165) is 17.0 Å². The van der Waals surface area contributed by atoms with Gasteiger partial charge in [0.25, 0.3) is 0 Å². The number of nitrogens with one attached hydrogen (secondary N) is 1. The molecule has 1 heterocycles. The van der Waals surface area contributed by atoms with Gasteiger partial charge in [-0.25, -0.2) is 4.39 Å². The summed E-state index contributed by atoms with van der Waals surface area (Å²) in [6.45, 7) is 3.05. The van der Waals surface area contributed by atoms with Gasteiger partial charge in [0.05, 0.1) is 10.7 Å². The fourth-order valence-electron chi connectivity index (χ4n) is 1.49. The number of hydrogen-bond donors (Lipinski definition) is 1. The van der Waals surface area contributed by atoms with E-state index in [1.54, 1.807) is 12.1 Å². The van der Waals surface area contributed by atoms with E-state index in [9.17, 15) is 4.39 Å². The average molecular weight is 255 g/mol. The van der Waals surface area contributed by atoms with E-state index < -0.39 is 5.82 Å². The Morgan fingerprint density at radius 2 is 2.18 bits per heavy atom. The molecule has 0 radical (unpaired) electrons. The monoisotopic (exact) mass is 254 g/mol. The van der Waals surface area contributed by atoms with Crippen LogP contribution in [-0.4, -0.2) is 5.16 Å². The Hall–Kier alpha value is -1.39. The molecule has 0 amide bonds. The van der Waals surface area contributed by atoms with Gasteiger partial charge in [0.2, 0.25) is 0 Å². The molecule has 0 saturated carbocycles. The first-order valence-corrected chi connectivity index (χ1v) is 5.60. The first-order chi connectivity index (χ1) is 8.15. The Morgan fingerprint density at radius 3 is 2.82 bits per heavy atom. The molecule has 0 spiro atoms. The molecule has 1 N–H and O–H groups in total. The van der Waals surface area contributed by atoms with Crippen molar-refractivity contribution in [3.05, 3.63) is 52.1 Å². The molecule has 0 bridgehead atoms. The van der Waals surface area contributed by atoms with Gasteiger partial charge in [0, 0.05) is 19.2 Å². The van der Waals surface area contributed by atoms with Crippen molar-refractivity contribution in [1.29, 1.82) is 0 Å². The van der Waals surface area contributed by atoms with Crippen LogP contribution in [0.15, 0.2) is 28.8 Å². The molecule has 1 aromatic heterocycles. The standard InChI is InChI=1S/C12H12ClFN2O/c1-8-4-10(16-17-8)7-15-6-9-2-3-12(14)11(13)5-9/h2-5,15H,6-7H2,1H3. The third-order valence-electron chi connectivity index (χ3n) is 2.30. The third kappa shape index (κ3) is 3.28. The van der Waals surface area contributed by atoms with Crippen molar-refractivity contribution in [3.63, 3.8) is 0 Å². The van der Waals surface area contributed by atoms with Gasteiger partial charge < -0.3 is 9.84 Å². The van der Waals surface area contributed by atoms with Gasteiger partial charge in [-0.3, -0.25) is 0 Å². The Kier molecular flexibility index (Phi) is 3.76. The second-order valence-electron chi connectivity index (χ2n) is 3.78. The Bertz CT molecular complexity index is 513. The van der Waals surface area contributed by atoms with Crippen LogP contribution < -0.4 is 5.32 Å². The van der Waals surface area contributed by atoms with Gasteiger partial charge in [-0.15, -0.1) is 0 Å². The maximum absolute atomic E-state index is 12.9. The van der Waals surface area contributed by atoms with Crippen molar-refractivity contribution in [2.75, 3.05) is 0 Å². The molecule has 1 aromatic carbocycles. The third-order valence-corrected chi connectivity index (χ3v) is 2.59. The van der Waals surface area contributed by atoms with E-state index in [1.807, 2.05) is 13.0 Å². The summed E-state index contributed by atoms with van der Waals surface area (Å²) in [5, 5.41) is 7.17. The molecule has 0 atom stereocenters. The number of nitrogens with zero attached hydrogens (tertiary/aromatic N) is 1. The highest BCUT2D eigenvalue weighted by molar-refractivity contribution is 6.30. The van der Waals surface area contributed by atoms with Crippen LogP contribution in [0.3, 0.4) is 0 Å². The minimum absolute atomic E-state index is 0.140. The Balaban J connectivity index is 1.87. The summed E-state index contributed by atoms with van der Waals surface area (Å²) in [7, 11) is 0. The van der Waals surface area contributed by atoms with Crippen LogP contribution in [-0.2, 0) is 13.1 Å². The van der Waals surface area contributed by atoms with Gasteiger partial charge >= 0.3 is 0 Å². The van der Waals surface area contributed by atoms with E-state index in [-0.39, 0.29) is 5.02 Å². The summed E-state index contributed by atoms with van der Waals surface area (Å²) in [5.74, 6) is 0.383. The summed E-state index contributed by atoms with van der Waals surface area (Å²) in [6, 6.07) is 6.53. The predicted molar refractivity (Wildman–Crippen MR) is 63.2 cm³/mol. The maximum atomic E-state index is 12.9. The molecule has 2 rings (SSSR count). The number of halogens is 2. The first kappa shape index (κ1) is 12.1. The van der Waals surface area contributed by atoms with E-state index >= 15 is 0 Å². The fraction of sp³-hybridized carbons (Fsp3) is 0.250. The van der Waals surface area contributed by atoms with Crippen LogP contribution >= 0.6 is 11.6 Å². The van der Waals surface area contributed by atoms with Gasteiger partial charge in [0.1, 0.15) is 11.6 Å². The van der Waals surface area contributed by atoms with E-state index in [0.29, 0.717) is 13.1 Å². The van der Waals surface area contributed by atoms with Crippen molar-refractivity contribution in [3.8, 4) is 0 Å². The molecule has 0 saturated heterocycles. The predicted octanol–water partition coefficient (Wildman–Crippen LogP) is 3.07. The zero-order valence-electron chi connectivity index (χ0n) is 9.34. The van der Waals surface area contributed by atoms with Crippen LogP contribution in [0.2, 0.25) is 5.02 Å². The topological polar surface area (TPSA) is 38.1 Å². The van der Waals surface area contributed by atoms with Gasteiger partial charge in [-0.1, -0.05) is 22.8 Å². The highest BCUT2D eigenvalue weighted by Crippen LogP contribution is 2.15. The second kappa shape index (κ2) is 5.29. The van der Waals surface area contributed by atoms with E-state index in [2.05, 4.69) is 10.5 Å².